The third-order valence-electron chi connectivity index (χ3n) is 4.07. The van der Waals surface area contributed by atoms with Gasteiger partial charge in [0.1, 0.15) is 10.5 Å². The number of rotatable bonds is 3. The predicted octanol–water partition coefficient (Wildman–Crippen LogP) is 2.01. The quantitative estimate of drug-likeness (QED) is 0.785. The number of aromatic nitrogens is 4. The van der Waals surface area contributed by atoms with Gasteiger partial charge in [0, 0.05) is 42.9 Å². The maximum Gasteiger partial charge on any atom is 0.268 e. The number of fused-ring (bicyclic) bond motifs is 1. The van der Waals surface area contributed by atoms with Crippen LogP contribution in [0.25, 0.3) is 10.2 Å². The van der Waals surface area contributed by atoms with Gasteiger partial charge in [-0.25, -0.2) is 4.98 Å². The van der Waals surface area contributed by atoms with E-state index in [2.05, 4.69) is 26.2 Å². The SMILES string of the molecule is Cn1cc([C@@H]2CSCCN2Cc2nc3ccsc3c(=O)[nH]2)cn1. The molecule has 1 aliphatic heterocycles. The van der Waals surface area contributed by atoms with E-state index in [1.807, 2.05) is 41.1 Å². The van der Waals surface area contributed by atoms with Gasteiger partial charge in [0.15, 0.2) is 0 Å². The summed E-state index contributed by atoms with van der Waals surface area (Å²) in [6, 6.07) is 2.22. The standard InChI is InChI=1S/C15H17N5OS2/c1-19-7-10(6-16-19)12-9-22-5-3-20(12)8-13-17-11-2-4-23-14(11)15(21)18-13/h2,4,6-7,12H,3,5,8-9H2,1H3,(H,17,18,21)/t12-/m0/s1. The van der Waals surface area contributed by atoms with E-state index in [-0.39, 0.29) is 5.56 Å². The zero-order valence-corrected chi connectivity index (χ0v) is 14.4. The highest BCUT2D eigenvalue weighted by Gasteiger charge is 2.26. The molecule has 0 aromatic carbocycles. The summed E-state index contributed by atoms with van der Waals surface area (Å²) in [5.41, 5.74) is 1.97. The minimum Gasteiger partial charge on any atom is -0.308 e. The Bertz CT molecular complexity index is 883. The first-order valence-corrected chi connectivity index (χ1v) is 9.51. The molecule has 0 amide bonds. The van der Waals surface area contributed by atoms with Gasteiger partial charge in [0.2, 0.25) is 0 Å². The van der Waals surface area contributed by atoms with Crippen molar-refractivity contribution in [1.82, 2.24) is 24.6 Å². The van der Waals surface area contributed by atoms with Crippen LogP contribution in [0.15, 0.2) is 28.6 Å². The molecule has 6 nitrogen and oxygen atoms in total. The second-order valence-corrected chi connectivity index (χ2v) is 7.72. The van der Waals surface area contributed by atoms with Crippen molar-refractivity contribution >= 4 is 33.3 Å². The van der Waals surface area contributed by atoms with E-state index in [0.717, 1.165) is 29.4 Å². The topological polar surface area (TPSA) is 66.8 Å². The first kappa shape index (κ1) is 14.9. The van der Waals surface area contributed by atoms with Gasteiger partial charge < -0.3 is 4.98 Å². The summed E-state index contributed by atoms with van der Waals surface area (Å²) in [7, 11) is 1.94. The Labute approximate surface area is 141 Å². The van der Waals surface area contributed by atoms with Gasteiger partial charge in [0.25, 0.3) is 5.56 Å². The molecule has 4 heterocycles. The lowest BCUT2D eigenvalue weighted by Crippen LogP contribution is -2.36. The van der Waals surface area contributed by atoms with E-state index in [1.165, 1.54) is 16.9 Å². The van der Waals surface area contributed by atoms with Crippen molar-refractivity contribution in [2.75, 3.05) is 18.1 Å². The number of thiophene rings is 1. The lowest BCUT2D eigenvalue weighted by Gasteiger charge is -2.34. The fourth-order valence-corrected chi connectivity index (χ4v) is 4.82. The molecule has 0 spiro atoms. The largest absolute Gasteiger partial charge is 0.308 e. The fraction of sp³-hybridized carbons (Fsp3) is 0.400. The van der Waals surface area contributed by atoms with E-state index >= 15 is 0 Å². The summed E-state index contributed by atoms with van der Waals surface area (Å²) in [6.45, 7) is 1.64. The highest BCUT2D eigenvalue weighted by atomic mass is 32.2. The summed E-state index contributed by atoms with van der Waals surface area (Å²) < 4.78 is 2.54. The minimum atomic E-state index is -0.0377. The highest BCUT2D eigenvalue weighted by molar-refractivity contribution is 7.99. The average molecular weight is 347 g/mol. The number of hydrogen-bond donors (Lipinski definition) is 1. The van der Waals surface area contributed by atoms with Crippen LogP contribution in [0.1, 0.15) is 17.4 Å². The lowest BCUT2D eigenvalue weighted by atomic mass is 10.1. The molecule has 1 atom stereocenters. The Morgan fingerprint density at radius 3 is 3.22 bits per heavy atom. The molecular weight excluding hydrogens is 330 g/mol. The van der Waals surface area contributed by atoms with Crippen LogP contribution in [0.2, 0.25) is 0 Å². The van der Waals surface area contributed by atoms with Crippen molar-refractivity contribution in [3.8, 4) is 0 Å². The summed E-state index contributed by atoms with van der Waals surface area (Å²) >= 11 is 3.39. The average Bonchev–Trinajstić information content (AvgIpc) is 3.17. The molecule has 8 heteroatoms. The molecule has 1 fully saturated rings. The van der Waals surface area contributed by atoms with Gasteiger partial charge in [-0.15, -0.1) is 11.3 Å². The summed E-state index contributed by atoms with van der Waals surface area (Å²) in [5, 5.41) is 6.20. The van der Waals surface area contributed by atoms with E-state index in [0.29, 0.717) is 17.3 Å². The van der Waals surface area contributed by atoms with Crippen LogP contribution in [-0.2, 0) is 13.6 Å². The molecule has 0 radical (unpaired) electrons. The molecule has 4 rings (SSSR count). The molecule has 1 N–H and O–H groups in total. The Kier molecular flexibility index (Phi) is 3.96. The second kappa shape index (κ2) is 6.10. The van der Waals surface area contributed by atoms with Crippen molar-refractivity contribution < 1.29 is 0 Å². The number of thioether (sulfide) groups is 1. The number of H-pyrrole nitrogens is 1. The van der Waals surface area contributed by atoms with E-state index in [1.54, 1.807) is 0 Å². The Hall–Kier alpha value is -1.64. The van der Waals surface area contributed by atoms with Gasteiger partial charge in [0.05, 0.1) is 18.3 Å². The van der Waals surface area contributed by atoms with Crippen molar-refractivity contribution in [3.63, 3.8) is 0 Å². The number of hydrogen-bond acceptors (Lipinski definition) is 6. The van der Waals surface area contributed by atoms with Gasteiger partial charge >= 0.3 is 0 Å². The first-order valence-electron chi connectivity index (χ1n) is 7.47. The molecule has 0 unspecified atom stereocenters. The molecular formula is C15H17N5OS2. The van der Waals surface area contributed by atoms with Crippen LogP contribution in [0.3, 0.4) is 0 Å². The lowest BCUT2D eigenvalue weighted by molar-refractivity contribution is 0.207. The monoisotopic (exact) mass is 347 g/mol. The molecule has 3 aromatic heterocycles. The van der Waals surface area contributed by atoms with Crippen LogP contribution >= 0.6 is 23.1 Å². The first-order chi connectivity index (χ1) is 11.2. The summed E-state index contributed by atoms with van der Waals surface area (Å²) in [4.78, 5) is 22.1. The number of nitrogens with one attached hydrogen (secondary N) is 1. The predicted molar refractivity (Wildman–Crippen MR) is 93.9 cm³/mol. The normalized spacial score (nSPS) is 19.4. The van der Waals surface area contributed by atoms with Crippen LogP contribution < -0.4 is 5.56 Å². The van der Waals surface area contributed by atoms with E-state index < -0.39 is 0 Å². The van der Waals surface area contributed by atoms with E-state index in [9.17, 15) is 4.79 Å². The molecule has 1 aliphatic rings. The number of nitrogens with zero attached hydrogens (tertiary/aromatic N) is 4. The molecule has 0 aliphatic carbocycles. The molecule has 3 aromatic rings. The molecule has 0 bridgehead atoms. The number of aryl methyl sites for hydroxylation is 1. The van der Waals surface area contributed by atoms with Gasteiger partial charge in [-0.2, -0.15) is 16.9 Å². The zero-order valence-electron chi connectivity index (χ0n) is 12.7. The maximum absolute atomic E-state index is 12.1. The van der Waals surface area contributed by atoms with E-state index in [4.69, 9.17) is 0 Å². The Morgan fingerprint density at radius 2 is 2.39 bits per heavy atom. The van der Waals surface area contributed by atoms with Crippen LogP contribution in [-0.4, -0.2) is 42.7 Å². The van der Waals surface area contributed by atoms with Crippen molar-refractivity contribution in [1.29, 1.82) is 0 Å². The van der Waals surface area contributed by atoms with Crippen molar-refractivity contribution in [2.45, 2.75) is 12.6 Å². The Balaban J connectivity index is 1.63. The molecule has 23 heavy (non-hydrogen) atoms. The smallest absolute Gasteiger partial charge is 0.268 e. The van der Waals surface area contributed by atoms with Crippen LogP contribution in [0, 0.1) is 0 Å². The van der Waals surface area contributed by atoms with Crippen molar-refractivity contribution in [3.05, 3.63) is 45.6 Å². The third-order valence-corrected chi connectivity index (χ3v) is 5.99. The number of aromatic amines is 1. The van der Waals surface area contributed by atoms with Crippen LogP contribution in [0.5, 0.6) is 0 Å². The van der Waals surface area contributed by atoms with Gasteiger partial charge in [-0.3, -0.25) is 14.4 Å². The fourth-order valence-electron chi connectivity index (χ4n) is 2.94. The van der Waals surface area contributed by atoms with Gasteiger partial charge in [-0.1, -0.05) is 0 Å². The zero-order chi connectivity index (χ0) is 15.8. The van der Waals surface area contributed by atoms with Gasteiger partial charge in [-0.05, 0) is 11.4 Å². The highest BCUT2D eigenvalue weighted by Crippen LogP contribution is 2.30. The summed E-state index contributed by atoms with van der Waals surface area (Å²) in [6.07, 6.45) is 4.00. The Morgan fingerprint density at radius 1 is 1.48 bits per heavy atom. The minimum absolute atomic E-state index is 0.0377. The van der Waals surface area contributed by atoms with Crippen LogP contribution in [0.4, 0.5) is 0 Å². The molecule has 120 valence electrons. The molecule has 0 saturated carbocycles. The maximum atomic E-state index is 12.1. The third kappa shape index (κ3) is 2.93. The molecule has 1 saturated heterocycles. The summed E-state index contributed by atoms with van der Waals surface area (Å²) in [5.74, 6) is 2.87. The van der Waals surface area contributed by atoms with Crippen molar-refractivity contribution in [2.24, 2.45) is 7.05 Å². The second-order valence-electron chi connectivity index (χ2n) is 5.66.